The Balaban J connectivity index is 3.03. The third-order valence-electron chi connectivity index (χ3n) is 3.12. The van der Waals surface area contributed by atoms with Crippen molar-refractivity contribution in [3.8, 4) is 0 Å². The summed E-state index contributed by atoms with van der Waals surface area (Å²) in [6.07, 6.45) is 4.37. The van der Waals surface area contributed by atoms with Gasteiger partial charge in [0.15, 0.2) is 0 Å². The maximum Gasteiger partial charge on any atom is 0.269 e. The van der Waals surface area contributed by atoms with Crippen molar-refractivity contribution in [2.24, 2.45) is 0 Å². The Kier molecular flexibility index (Phi) is 4.88. The zero-order chi connectivity index (χ0) is 13.8. The first-order chi connectivity index (χ1) is 8.34. The molecule has 0 amide bonds. The van der Waals surface area contributed by atoms with E-state index in [1.54, 1.807) is 12.1 Å². The lowest BCUT2D eigenvalue weighted by molar-refractivity contribution is -0.385. The Morgan fingerprint density at radius 3 is 2.33 bits per heavy atom. The van der Waals surface area contributed by atoms with Gasteiger partial charge in [-0.05, 0) is 29.4 Å². The summed E-state index contributed by atoms with van der Waals surface area (Å²) in [6.45, 7) is 8.42. The van der Waals surface area contributed by atoms with E-state index in [1.165, 1.54) is 12.8 Å². The van der Waals surface area contributed by atoms with Crippen molar-refractivity contribution in [2.45, 2.75) is 58.8 Å². The molecule has 0 heterocycles. The molecule has 0 aliphatic rings. The normalized spacial score (nSPS) is 11.6. The maximum absolute atomic E-state index is 11.0. The van der Waals surface area contributed by atoms with Crippen molar-refractivity contribution >= 4 is 5.69 Å². The van der Waals surface area contributed by atoms with Crippen LogP contribution in [0.3, 0.4) is 0 Å². The number of nitrogens with zero attached hydrogens (tertiary/aromatic N) is 1. The second-order valence-electron chi connectivity index (χ2n) is 5.85. The van der Waals surface area contributed by atoms with Crippen LogP contribution in [0.4, 0.5) is 5.69 Å². The van der Waals surface area contributed by atoms with Crippen LogP contribution >= 0.6 is 0 Å². The molecule has 100 valence electrons. The molecule has 1 aromatic carbocycles. The molecular formula is C15H23NO2. The minimum absolute atomic E-state index is 0.0501. The van der Waals surface area contributed by atoms with E-state index in [4.69, 9.17) is 0 Å². The first-order valence-corrected chi connectivity index (χ1v) is 6.63. The van der Waals surface area contributed by atoms with E-state index in [2.05, 4.69) is 33.8 Å². The molecule has 0 unspecified atom stereocenters. The molecule has 3 nitrogen and oxygen atoms in total. The van der Waals surface area contributed by atoms with Gasteiger partial charge in [0.05, 0.1) is 4.92 Å². The second kappa shape index (κ2) is 5.98. The second-order valence-corrected chi connectivity index (χ2v) is 5.85. The first-order valence-electron chi connectivity index (χ1n) is 6.63. The number of rotatable bonds is 5. The fraction of sp³-hybridized carbons (Fsp3) is 0.600. The van der Waals surface area contributed by atoms with Gasteiger partial charge < -0.3 is 0 Å². The highest BCUT2D eigenvalue weighted by molar-refractivity contribution is 5.42. The van der Waals surface area contributed by atoms with Gasteiger partial charge in [0.2, 0.25) is 0 Å². The monoisotopic (exact) mass is 249 g/mol. The van der Waals surface area contributed by atoms with E-state index in [0.29, 0.717) is 0 Å². The predicted molar refractivity (Wildman–Crippen MR) is 75.0 cm³/mol. The average Bonchev–Trinajstić information content (AvgIpc) is 2.28. The molecule has 0 bridgehead atoms. The minimum Gasteiger partial charge on any atom is -0.258 e. The molecule has 0 saturated heterocycles. The molecular weight excluding hydrogens is 226 g/mol. The fourth-order valence-corrected chi connectivity index (χ4v) is 1.94. The molecule has 1 aromatic rings. The summed E-state index contributed by atoms with van der Waals surface area (Å²) in [4.78, 5) is 10.7. The van der Waals surface area contributed by atoms with Gasteiger partial charge in [-0.25, -0.2) is 0 Å². The highest BCUT2D eigenvalue weighted by Gasteiger charge is 2.18. The summed E-state index contributed by atoms with van der Waals surface area (Å²) < 4.78 is 0. The van der Waals surface area contributed by atoms with Crippen molar-refractivity contribution in [3.63, 3.8) is 0 Å². The van der Waals surface area contributed by atoms with Crippen LogP contribution in [0.15, 0.2) is 18.2 Å². The highest BCUT2D eigenvalue weighted by atomic mass is 16.6. The smallest absolute Gasteiger partial charge is 0.258 e. The van der Waals surface area contributed by atoms with Gasteiger partial charge in [0.1, 0.15) is 0 Å². The number of nitro benzene ring substituents is 1. The molecule has 3 heteroatoms. The third kappa shape index (κ3) is 4.13. The molecule has 0 aliphatic heterocycles. The number of nitro groups is 1. The Labute approximate surface area is 109 Å². The van der Waals surface area contributed by atoms with E-state index >= 15 is 0 Å². The Bertz CT molecular complexity index is 419. The molecule has 0 N–H and O–H groups in total. The van der Waals surface area contributed by atoms with Crippen LogP contribution < -0.4 is 0 Å². The zero-order valence-corrected chi connectivity index (χ0v) is 11.8. The largest absolute Gasteiger partial charge is 0.269 e. The topological polar surface area (TPSA) is 43.1 Å². The number of benzene rings is 1. The van der Waals surface area contributed by atoms with Gasteiger partial charge in [-0.15, -0.1) is 0 Å². The zero-order valence-electron chi connectivity index (χ0n) is 11.8. The Hall–Kier alpha value is -1.38. The third-order valence-corrected chi connectivity index (χ3v) is 3.12. The number of non-ortho nitro benzene ring substituents is 1. The van der Waals surface area contributed by atoms with Crippen LogP contribution in [-0.4, -0.2) is 4.92 Å². The van der Waals surface area contributed by atoms with E-state index < -0.39 is 0 Å². The number of unbranched alkanes of at least 4 members (excludes halogenated alkanes) is 2. The summed E-state index contributed by atoms with van der Waals surface area (Å²) in [7, 11) is 0. The van der Waals surface area contributed by atoms with E-state index in [0.717, 1.165) is 24.0 Å². The van der Waals surface area contributed by atoms with Gasteiger partial charge in [-0.2, -0.15) is 0 Å². The van der Waals surface area contributed by atoms with Crippen LogP contribution in [0, 0.1) is 10.1 Å². The van der Waals surface area contributed by atoms with Crippen molar-refractivity contribution < 1.29 is 4.92 Å². The molecule has 0 radical (unpaired) electrons. The maximum atomic E-state index is 11.0. The van der Waals surface area contributed by atoms with Gasteiger partial charge in [0.25, 0.3) is 5.69 Å². The predicted octanol–water partition coefficient (Wildman–Crippen LogP) is 4.63. The van der Waals surface area contributed by atoms with E-state index in [-0.39, 0.29) is 16.0 Å². The fourth-order valence-electron chi connectivity index (χ4n) is 1.94. The first kappa shape index (κ1) is 14.7. The standard InChI is InChI=1S/C15H23NO2/c1-5-6-7-8-12-9-13(15(2,3)4)11-14(10-12)16(17)18/h9-11H,5-8H2,1-4H3. The minimum atomic E-state index is -0.293. The summed E-state index contributed by atoms with van der Waals surface area (Å²) in [5, 5.41) is 11.0. The molecule has 0 fully saturated rings. The highest BCUT2D eigenvalue weighted by Crippen LogP contribution is 2.28. The molecule has 0 atom stereocenters. The molecule has 1 rings (SSSR count). The summed E-state index contributed by atoms with van der Waals surface area (Å²) >= 11 is 0. The van der Waals surface area contributed by atoms with E-state index in [1.807, 2.05) is 0 Å². The lowest BCUT2D eigenvalue weighted by Gasteiger charge is -2.19. The van der Waals surface area contributed by atoms with Crippen molar-refractivity contribution in [2.75, 3.05) is 0 Å². The van der Waals surface area contributed by atoms with Crippen LogP contribution in [0.1, 0.15) is 58.1 Å². The van der Waals surface area contributed by atoms with Gasteiger partial charge in [-0.1, -0.05) is 46.6 Å². The van der Waals surface area contributed by atoms with Gasteiger partial charge in [0, 0.05) is 12.1 Å². The summed E-state index contributed by atoms with van der Waals surface area (Å²) in [5.41, 5.74) is 2.30. The Morgan fingerprint density at radius 1 is 1.17 bits per heavy atom. The summed E-state index contributed by atoms with van der Waals surface area (Å²) in [6, 6.07) is 5.52. The van der Waals surface area contributed by atoms with Crippen molar-refractivity contribution in [1.29, 1.82) is 0 Å². The van der Waals surface area contributed by atoms with Crippen molar-refractivity contribution in [1.82, 2.24) is 0 Å². The molecule has 0 aromatic heterocycles. The number of aryl methyl sites for hydroxylation is 1. The molecule has 0 aliphatic carbocycles. The molecule has 0 spiro atoms. The van der Waals surface area contributed by atoms with Gasteiger partial charge >= 0.3 is 0 Å². The SMILES string of the molecule is CCCCCc1cc([N+](=O)[O-])cc(C(C)(C)C)c1. The van der Waals surface area contributed by atoms with Crippen LogP contribution in [0.25, 0.3) is 0 Å². The molecule has 0 saturated carbocycles. The lowest BCUT2D eigenvalue weighted by Crippen LogP contribution is -2.12. The lowest BCUT2D eigenvalue weighted by atomic mass is 9.85. The van der Waals surface area contributed by atoms with Crippen LogP contribution in [0.2, 0.25) is 0 Å². The number of hydrogen-bond donors (Lipinski definition) is 0. The van der Waals surface area contributed by atoms with Crippen molar-refractivity contribution in [3.05, 3.63) is 39.4 Å². The van der Waals surface area contributed by atoms with Gasteiger partial charge in [-0.3, -0.25) is 10.1 Å². The molecule has 18 heavy (non-hydrogen) atoms. The Morgan fingerprint density at radius 2 is 1.83 bits per heavy atom. The average molecular weight is 249 g/mol. The van der Waals surface area contributed by atoms with Crippen LogP contribution in [0.5, 0.6) is 0 Å². The van der Waals surface area contributed by atoms with Crippen LogP contribution in [-0.2, 0) is 11.8 Å². The van der Waals surface area contributed by atoms with E-state index in [9.17, 15) is 10.1 Å². The summed E-state index contributed by atoms with van der Waals surface area (Å²) in [5.74, 6) is 0. The quantitative estimate of drug-likeness (QED) is 0.434. The number of hydrogen-bond acceptors (Lipinski definition) is 2.